The molecule has 35 heavy (non-hydrogen) atoms. The van der Waals surface area contributed by atoms with Crippen molar-refractivity contribution >= 4 is 17.7 Å². The Kier molecular flexibility index (Phi) is 8.41. The van der Waals surface area contributed by atoms with Crippen LogP contribution in [0.4, 0.5) is 0 Å². The Balaban J connectivity index is 1.93. The lowest BCUT2D eigenvalue weighted by Gasteiger charge is -2.29. The van der Waals surface area contributed by atoms with Crippen molar-refractivity contribution in [1.29, 1.82) is 0 Å². The van der Waals surface area contributed by atoms with Crippen LogP contribution >= 0.6 is 0 Å². The molecule has 8 heteroatoms. The van der Waals surface area contributed by atoms with Gasteiger partial charge in [-0.2, -0.15) is 0 Å². The van der Waals surface area contributed by atoms with E-state index in [0.717, 1.165) is 5.69 Å². The summed E-state index contributed by atoms with van der Waals surface area (Å²) in [5, 5.41) is 0. The molecule has 0 saturated heterocycles. The molecule has 0 spiro atoms. The van der Waals surface area contributed by atoms with Crippen LogP contribution < -0.4 is 4.74 Å². The summed E-state index contributed by atoms with van der Waals surface area (Å²) in [7, 11) is 1.56. The fourth-order valence-corrected chi connectivity index (χ4v) is 4.03. The van der Waals surface area contributed by atoms with E-state index in [1.807, 2.05) is 18.2 Å². The average molecular weight is 478 g/mol. The van der Waals surface area contributed by atoms with E-state index in [1.54, 1.807) is 70.2 Å². The number of nitrogens with zero attached hydrogens (tertiary/aromatic N) is 2. The normalized spacial score (nSPS) is 11.6. The van der Waals surface area contributed by atoms with Crippen molar-refractivity contribution in [2.75, 3.05) is 20.3 Å². The minimum atomic E-state index is -0.781. The number of hydrogen-bond acceptors (Lipinski definition) is 6. The highest BCUT2D eigenvalue weighted by Crippen LogP contribution is 2.23. The number of rotatable bonds is 10. The van der Waals surface area contributed by atoms with Crippen LogP contribution in [0.15, 0.2) is 48.7 Å². The molecule has 1 unspecified atom stereocenters. The van der Waals surface area contributed by atoms with Crippen LogP contribution in [0.5, 0.6) is 5.75 Å². The summed E-state index contributed by atoms with van der Waals surface area (Å²) >= 11 is 0. The zero-order valence-corrected chi connectivity index (χ0v) is 20.8. The second-order valence-electron chi connectivity index (χ2n) is 8.18. The Labute approximate surface area is 205 Å². The standard InChI is InChI=1S/C27H31N3O5/c1-6-35-27(33)24-17(2)23(18(3)29-24)25(31)19(4)30(16-14-21-9-7-8-15-28-21)26(32)20-10-12-22(34-5)13-11-20/h7-13,15,19,29H,6,14,16H2,1-5H3. The molecule has 3 rings (SSSR count). The molecule has 1 atom stereocenters. The summed E-state index contributed by atoms with van der Waals surface area (Å²) in [4.78, 5) is 48.4. The molecule has 0 aliphatic rings. The van der Waals surface area contributed by atoms with E-state index in [2.05, 4.69) is 9.97 Å². The number of amides is 1. The predicted molar refractivity (Wildman–Crippen MR) is 132 cm³/mol. The maximum Gasteiger partial charge on any atom is 0.355 e. The first-order valence-electron chi connectivity index (χ1n) is 11.5. The molecule has 1 amide bonds. The molecule has 0 bridgehead atoms. The maximum absolute atomic E-state index is 13.7. The molecule has 0 aliphatic carbocycles. The van der Waals surface area contributed by atoms with Gasteiger partial charge in [-0.05, 0) is 69.7 Å². The maximum atomic E-state index is 13.7. The molecular formula is C27H31N3O5. The number of nitrogens with one attached hydrogen (secondary N) is 1. The van der Waals surface area contributed by atoms with Crippen molar-refractivity contribution < 1.29 is 23.9 Å². The first-order valence-corrected chi connectivity index (χ1v) is 11.5. The van der Waals surface area contributed by atoms with E-state index < -0.39 is 12.0 Å². The van der Waals surface area contributed by atoms with Crippen LogP contribution in [0.1, 0.15) is 62.0 Å². The number of H-pyrrole nitrogens is 1. The van der Waals surface area contributed by atoms with Gasteiger partial charge in [-0.1, -0.05) is 6.07 Å². The molecule has 0 saturated carbocycles. The van der Waals surface area contributed by atoms with Gasteiger partial charge in [0.05, 0.1) is 19.8 Å². The number of pyridine rings is 1. The minimum Gasteiger partial charge on any atom is -0.497 e. The fourth-order valence-electron chi connectivity index (χ4n) is 4.03. The highest BCUT2D eigenvalue weighted by molar-refractivity contribution is 6.07. The van der Waals surface area contributed by atoms with Gasteiger partial charge < -0.3 is 19.4 Å². The number of methoxy groups -OCH3 is 1. The van der Waals surface area contributed by atoms with Crippen molar-refractivity contribution in [3.8, 4) is 5.75 Å². The topological polar surface area (TPSA) is 102 Å². The average Bonchev–Trinajstić information content (AvgIpc) is 3.17. The van der Waals surface area contributed by atoms with Crippen LogP contribution in [0, 0.1) is 13.8 Å². The Morgan fingerprint density at radius 3 is 2.40 bits per heavy atom. The summed E-state index contributed by atoms with van der Waals surface area (Å²) in [5.41, 5.74) is 2.98. The molecule has 8 nitrogen and oxygen atoms in total. The number of esters is 1. The molecule has 0 aliphatic heterocycles. The quantitative estimate of drug-likeness (QED) is 0.347. The number of hydrogen-bond donors (Lipinski definition) is 1. The molecule has 2 heterocycles. The molecule has 184 valence electrons. The first-order chi connectivity index (χ1) is 16.8. The third-order valence-electron chi connectivity index (χ3n) is 5.94. The van der Waals surface area contributed by atoms with Gasteiger partial charge in [0.2, 0.25) is 0 Å². The van der Waals surface area contributed by atoms with Crippen molar-refractivity contribution in [1.82, 2.24) is 14.9 Å². The summed E-state index contributed by atoms with van der Waals surface area (Å²) < 4.78 is 10.3. The number of Topliss-reactive ketones (excluding diaryl/α,β-unsaturated/α-hetero) is 1. The number of benzene rings is 1. The third-order valence-corrected chi connectivity index (χ3v) is 5.94. The van der Waals surface area contributed by atoms with E-state index in [4.69, 9.17) is 9.47 Å². The highest BCUT2D eigenvalue weighted by atomic mass is 16.5. The smallest absolute Gasteiger partial charge is 0.355 e. The number of ketones is 1. The number of aromatic amines is 1. The SMILES string of the molecule is CCOC(=O)c1[nH]c(C)c(C(=O)C(C)N(CCc2ccccn2)C(=O)c2ccc(OC)cc2)c1C. The van der Waals surface area contributed by atoms with Gasteiger partial charge in [0.1, 0.15) is 11.4 Å². The molecule has 3 aromatic rings. The van der Waals surface area contributed by atoms with Crippen molar-refractivity contribution in [2.45, 2.75) is 40.2 Å². The molecular weight excluding hydrogens is 446 g/mol. The molecule has 1 aromatic carbocycles. The van der Waals surface area contributed by atoms with Gasteiger partial charge in [-0.15, -0.1) is 0 Å². The van der Waals surface area contributed by atoms with Crippen LogP contribution in [0.3, 0.4) is 0 Å². The van der Waals surface area contributed by atoms with E-state index in [0.29, 0.717) is 41.1 Å². The Bertz CT molecular complexity index is 1190. The number of ether oxygens (including phenoxy) is 2. The second kappa shape index (κ2) is 11.5. The monoisotopic (exact) mass is 477 g/mol. The van der Waals surface area contributed by atoms with Gasteiger partial charge in [-0.25, -0.2) is 4.79 Å². The molecule has 0 fully saturated rings. The van der Waals surface area contributed by atoms with Gasteiger partial charge in [0.25, 0.3) is 5.91 Å². The summed E-state index contributed by atoms with van der Waals surface area (Å²) in [5.74, 6) is -0.410. The van der Waals surface area contributed by atoms with Crippen LogP contribution in [-0.2, 0) is 11.2 Å². The molecule has 2 aromatic heterocycles. The van der Waals surface area contributed by atoms with E-state index >= 15 is 0 Å². The van der Waals surface area contributed by atoms with Gasteiger partial charge in [-0.3, -0.25) is 14.6 Å². The predicted octanol–water partition coefficient (Wildman–Crippen LogP) is 4.17. The summed E-state index contributed by atoms with van der Waals surface area (Å²) in [6, 6.07) is 11.6. The fraction of sp³-hybridized carbons (Fsp3) is 0.333. The Hall–Kier alpha value is -3.94. The summed E-state index contributed by atoms with van der Waals surface area (Å²) in [6.07, 6.45) is 2.18. The minimum absolute atomic E-state index is 0.230. The van der Waals surface area contributed by atoms with Crippen molar-refractivity contribution in [3.63, 3.8) is 0 Å². The number of aromatic nitrogens is 2. The van der Waals surface area contributed by atoms with Crippen LogP contribution in [-0.4, -0.2) is 58.8 Å². The highest BCUT2D eigenvalue weighted by Gasteiger charge is 2.31. The number of carbonyl (C=O) groups excluding carboxylic acids is 3. The van der Waals surface area contributed by atoms with E-state index in [-0.39, 0.29) is 24.0 Å². The molecule has 1 N–H and O–H groups in total. The van der Waals surface area contributed by atoms with Gasteiger partial charge in [0.15, 0.2) is 5.78 Å². The third kappa shape index (κ3) is 5.77. The largest absolute Gasteiger partial charge is 0.497 e. The van der Waals surface area contributed by atoms with Crippen LogP contribution in [0.25, 0.3) is 0 Å². The first kappa shape index (κ1) is 25.7. The lowest BCUT2D eigenvalue weighted by atomic mass is 9.99. The van der Waals surface area contributed by atoms with Gasteiger partial charge >= 0.3 is 5.97 Å². The lowest BCUT2D eigenvalue weighted by Crippen LogP contribution is -2.44. The Morgan fingerprint density at radius 2 is 1.80 bits per heavy atom. The van der Waals surface area contributed by atoms with Gasteiger partial charge in [0, 0.05) is 41.7 Å². The van der Waals surface area contributed by atoms with E-state index in [1.165, 1.54) is 0 Å². The zero-order valence-electron chi connectivity index (χ0n) is 20.8. The Morgan fingerprint density at radius 1 is 1.09 bits per heavy atom. The summed E-state index contributed by atoms with van der Waals surface area (Å²) in [6.45, 7) is 7.40. The second-order valence-corrected chi connectivity index (χ2v) is 8.18. The van der Waals surface area contributed by atoms with Crippen LogP contribution in [0.2, 0.25) is 0 Å². The van der Waals surface area contributed by atoms with Crippen molar-refractivity contribution in [2.24, 2.45) is 0 Å². The zero-order chi connectivity index (χ0) is 25.5. The number of aryl methyl sites for hydroxylation is 1. The lowest BCUT2D eigenvalue weighted by molar-refractivity contribution is 0.0518. The molecule has 0 radical (unpaired) electrons. The number of carbonyl (C=O) groups is 3. The van der Waals surface area contributed by atoms with E-state index in [9.17, 15) is 14.4 Å². The van der Waals surface area contributed by atoms with Crippen molar-refractivity contribution in [3.05, 3.63) is 82.4 Å².